The van der Waals surface area contributed by atoms with Crippen molar-refractivity contribution in [2.75, 3.05) is 0 Å². The average molecular weight is 259 g/mol. The molecule has 2 rings (SSSR count). The first-order valence-corrected chi connectivity index (χ1v) is 6.83. The summed E-state index contributed by atoms with van der Waals surface area (Å²) in [5.41, 5.74) is 4.17. The van der Waals surface area contributed by atoms with Crippen LogP contribution in [0, 0.1) is 0 Å². The Bertz CT molecular complexity index is 517. The van der Waals surface area contributed by atoms with Gasteiger partial charge in [0.05, 0.1) is 21.4 Å². The lowest BCUT2D eigenvalue weighted by Gasteiger charge is -2.20. The van der Waals surface area contributed by atoms with E-state index in [0.717, 1.165) is 22.4 Å². The van der Waals surface area contributed by atoms with Gasteiger partial charge in [-0.1, -0.05) is 63.6 Å². The van der Waals surface area contributed by atoms with E-state index in [1.807, 2.05) is 46.0 Å². The van der Waals surface area contributed by atoms with Crippen LogP contribution in [0.2, 0.25) is 0 Å². The van der Waals surface area contributed by atoms with Crippen LogP contribution in [0.25, 0.3) is 11.3 Å². The lowest BCUT2D eigenvalue weighted by atomic mass is 9.67. The van der Waals surface area contributed by atoms with Gasteiger partial charge in [0.1, 0.15) is 0 Å². The molecule has 0 bridgehead atoms. The van der Waals surface area contributed by atoms with Crippen molar-refractivity contribution in [3.8, 4) is 11.3 Å². The van der Waals surface area contributed by atoms with Crippen LogP contribution in [0.3, 0.4) is 0 Å². The summed E-state index contributed by atoms with van der Waals surface area (Å²) in [4.78, 5) is 4.50. The summed E-state index contributed by atoms with van der Waals surface area (Å²) in [5.74, 6) is 0. The molecule has 0 saturated heterocycles. The van der Waals surface area contributed by atoms with Crippen molar-refractivity contribution in [3.05, 3.63) is 53.7 Å². The number of hydrogen-bond acceptors (Lipinski definition) is 1. The van der Waals surface area contributed by atoms with Crippen LogP contribution in [0.4, 0.5) is 0 Å². The van der Waals surface area contributed by atoms with Gasteiger partial charge in [-0.15, -0.1) is 0 Å². The summed E-state index contributed by atoms with van der Waals surface area (Å²) in [5, 5.41) is -0.682. The van der Waals surface area contributed by atoms with Gasteiger partial charge in [0, 0.05) is 11.8 Å². The van der Waals surface area contributed by atoms with Gasteiger partial charge in [-0.2, -0.15) is 0 Å². The second-order valence-corrected chi connectivity index (χ2v) is 6.45. The Labute approximate surface area is 124 Å². The summed E-state index contributed by atoms with van der Waals surface area (Å²) in [6.07, 6.45) is 1.84. The van der Waals surface area contributed by atoms with Gasteiger partial charge in [-0.05, 0) is 22.3 Å². The van der Waals surface area contributed by atoms with Crippen molar-refractivity contribution in [1.82, 2.24) is 4.98 Å². The Morgan fingerprint density at radius 1 is 0.750 bits per heavy atom. The third-order valence-electron chi connectivity index (χ3n) is 3.43. The number of hydrogen-bond donors (Lipinski definition) is 0. The topological polar surface area (TPSA) is 12.9 Å². The maximum Gasteiger partial charge on any atom is 0.0803 e. The monoisotopic (exact) mass is 259 g/mol. The van der Waals surface area contributed by atoms with Crippen LogP contribution in [0.15, 0.2) is 42.6 Å². The minimum absolute atomic E-state index is 0.320. The van der Waals surface area contributed by atoms with Crippen LogP contribution in [-0.2, 0) is 10.6 Å². The quantitative estimate of drug-likeness (QED) is 0.768. The summed E-state index contributed by atoms with van der Waals surface area (Å²) in [6.45, 7) is 7.94. The standard InChI is InChI=1S/C17H19B2N/c1-16(2,18)13-7-5-12(6-8-13)15-10-9-14(11-20-15)17(3,4)19/h5-11H,1-4H3. The molecule has 2 aromatic rings. The van der Waals surface area contributed by atoms with E-state index >= 15 is 0 Å². The van der Waals surface area contributed by atoms with Gasteiger partial charge < -0.3 is 0 Å². The minimum Gasteiger partial charge on any atom is -0.256 e. The number of pyridine rings is 1. The molecule has 0 aliphatic heterocycles. The lowest BCUT2D eigenvalue weighted by Crippen LogP contribution is -2.16. The fraction of sp³-hybridized carbons (Fsp3) is 0.353. The van der Waals surface area contributed by atoms with Gasteiger partial charge >= 0.3 is 0 Å². The third kappa shape index (κ3) is 3.33. The SMILES string of the molecule is [B]C(C)(C)c1ccc(-c2ccc(C([B])(C)C)cn2)cc1. The van der Waals surface area contributed by atoms with Gasteiger partial charge in [-0.3, -0.25) is 4.98 Å². The highest BCUT2D eigenvalue weighted by atomic mass is 14.7. The summed E-state index contributed by atoms with van der Waals surface area (Å²) >= 11 is 0. The second-order valence-electron chi connectivity index (χ2n) is 6.45. The normalized spacial score (nSPS) is 12.4. The molecule has 0 unspecified atom stereocenters. The Morgan fingerprint density at radius 3 is 1.65 bits per heavy atom. The summed E-state index contributed by atoms with van der Waals surface area (Å²) in [7, 11) is 12.1. The summed E-state index contributed by atoms with van der Waals surface area (Å²) < 4.78 is 0. The molecule has 0 aliphatic carbocycles. The average Bonchev–Trinajstić information content (AvgIpc) is 2.37. The van der Waals surface area contributed by atoms with Gasteiger partial charge in [0.2, 0.25) is 0 Å². The molecular weight excluding hydrogens is 240 g/mol. The highest BCUT2D eigenvalue weighted by Gasteiger charge is 2.14. The number of rotatable bonds is 3. The van der Waals surface area contributed by atoms with E-state index in [2.05, 4.69) is 29.2 Å². The van der Waals surface area contributed by atoms with E-state index in [4.69, 9.17) is 15.7 Å². The second kappa shape index (κ2) is 5.12. The fourth-order valence-electron chi connectivity index (χ4n) is 2.02. The molecule has 0 N–H and O–H groups in total. The first-order valence-electron chi connectivity index (χ1n) is 6.83. The van der Waals surface area contributed by atoms with Crippen molar-refractivity contribution >= 4 is 15.7 Å². The maximum absolute atomic E-state index is 6.08. The highest BCUT2D eigenvalue weighted by molar-refractivity contribution is 6.15. The van der Waals surface area contributed by atoms with Crippen molar-refractivity contribution < 1.29 is 0 Å². The molecule has 98 valence electrons. The van der Waals surface area contributed by atoms with Gasteiger partial charge in [0.15, 0.2) is 0 Å². The molecule has 20 heavy (non-hydrogen) atoms. The van der Waals surface area contributed by atoms with Gasteiger partial charge in [0.25, 0.3) is 0 Å². The van der Waals surface area contributed by atoms with E-state index in [9.17, 15) is 0 Å². The number of nitrogens with zero attached hydrogens (tertiary/aromatic N) is 1. The Hall–Kier alpha value is -1.50. The molecule has 4 radical (unpaired) electrons. The Kier molecular flexibility index (Phi) is 3.82. The van der Waals surface area contributed by atoms with Crippen LogP contribution < -0.4 is 0 Å². The fourth-order valence-corrected chi connectivity index (χ4v) is 2.02. The van der Waals surface area contributed by atoms with Crippen molar-refractivity contribution in [1.29, 1.82) is 0 Å². The Balaban J connectivity index is 2.29. The van der Waals surface area contributed by atoms with Crippen molar-refractivity contribution in [2.45, 2.75) is 38.3 Å². The minimum atomic E-state index is -0.362. The first-order chi connectivity index (χ1) is 9.18. The number of benzene rings is 1. The van der Waals surface area contributed by atoms with Gasteiger partial charge in [-0.25, -0.2) is 0 Å². The molecule has 1 aromatic heterocycles. The molecule has 0 saturated carbocycles. The zero-order valence-electron chi connectivity index (χ0n) is 12.6. The van der Waals surface area contributed by atoms with Crippen molar-refractivity contribution in [2.24, 2.45) is 0 Å². The van der Waals surface area contributed by atoms with E-state index in [-0.39, 0.29) is 10.6 Å². The van der Waals surface area contributed by atoms with E-state index in [0.29, 0.717) is 0 Å². The zero-order valence-corrected chi connectivity index (χ0v) is 12.6. The van der Waals surface area contributed by atoms with E-state index < -0.39 is 0 Å². The van der Waals surface area contributed by atoms with Crippen LogP contribution in [0.5, 0.6) is 0 Å². The molecule has 0 aliphatic rings. The predicted octanol–water partition coefficient (Wildman–Crippen LogP) is 3.56. The molecule has 0 fully saturated rings. The molecule has 3 heteroatoms. The number of aromatic nitrogens is 1. The molecule has 1 nitrogen and oxygen atoms in total. The van der Waals surface area contributed by atoms with Crippen molar-refractivity contribution in [3.63, 3.8) is 0 Å². The molecular formula is C17H19B2N. The molecule has 0 amide bonds. The largest absolute Gasteiger partial charge is 0.256 e. The smallest absolute Gasteiger partial charge is 0.0803 e. The van der Waals surface area contributed by atoms with Crippen LogP contribution in [0.1, 0.15) is 38.8 Å². The molecule has 1 aromatic carbocycles. The molecule has 0 atom stereocenters. The summed E-state index contributed by atoms with van der Waals surface area (Å²) in [6, 6.07) is 12.3. The Morgan fingerprint density at radius 2 is 1.25 bits per heavy atom. The van der Waals surface area contributed by atoms with E-state index in [1.165, 1.54) is 0 Å². The van der Waals surface area contributed by atoms with E-state index in [1.54, 1.807) is 0 Å². The lowest BCUT2D eigenvalue weighted by molar-refractivity contribution is 0.758. The highest BCUT2D eigenvalue weighted by Crippen LogP contribution is 2.25. The predicted molar refractivity (Wildman–Crippen MR) is 87.2 cm³/mol. The third-order valence-corrected chi connectivity index (χ3v) is 3.43. The maximum atomic E-state index is 6.08. The molecule has 0 spiro atoms. The zero-order chi connectivity index (χ0) is 15.0. The van der Waals surface area contributed by atoms with Crippen LogP contribution >= 0.6 is 0 Å². The first kappa shape index (κ1) is 14.9. The van der Waals surface area contributed by atoms with Crippen LogP contribution in [-0.4, -0.2) is 20.7 Å². The molecule has 1 heterocycles.